The number of nitrogens with two attached hydrogens (primary N) is 1. The highest BCUT2D eigenvalue weighted by molar-refractivity contribution is 4.92. The molecule has 0 radical (unpaired) electrons. The second-order valence-electron chi connectivity index (χ2n) is 4.58. The van der Waals surface area contributed by atoms with Crippen molar-refractivity contribution in [3.63, 3.8) is 0 Å². The first-order valence-electron chi connectivity index (χ1n) is 5.01. The molecule has 0 spiro atoms. The third-order valence-corrected chi connectivity index (χ3v) is 3.31. The summed E-state index contributed by atoms with van der Waals surface area (Å²) >= 11 is 0. The van der Waals surface area contributed by atoms with E-state index >= 15 is 0 Å². The fraction of sp³-hybridized carbons (Fsp3) is 1.00. The van der Waals surface area contributed by atoms with Gasteiger partial charge in [0.25, 0.3) is 0 Å². The number of hydrogen-bond acceptors (Lipinski definition) is 3. The Hall–Kier alpha value is -0.120. The van der Waals surface area contributed by atoms with Crippen molar-refractivity contribution in [3.05, 3.63) is 0 Å². The maximum absolute atomic E-state index is 5.60. The van der Waals surface area contributed by atoms with Gasteiger partial charge in [-0.1, -0.05) is 20.3 Å². The fourth-order valence-electron chi connectivity index (χ4n) is 1.58. The molecule has 0 aliphatic heterocycles. The standard InChI is InChI=1S/C10H25N3/c1-7-8(2)9(12-11)10(3,4)13(5)6/h8-9,12H,7,11H2,1-6H3. The van der Waals surface area contributed by atoms with Gasteiger partial charge in [-0.05, 0) is 33.9 Å². The van der Waals surface area contributed by atoms with Gasteiger partial charge in [0, 0.05) is 11.6 Å². The van der Waals surface area contributed by atoms with Crippen molar-refractivity contribution in [1.29, 1.82) is 0 Å². The van der Waals surface area contributed by atoms with Crippen LogP contribution in [0.2, 0.25) is 0 Å². The number of nitrogens with zero attached hydrogens (tertiary/aromatic N) is 1. The van der Waals surface area contributed by atoms with E-state index in [1.54, 1.807) is 0 Å². The number of likely N-dealkylation sites (N-methyl/N-ethyl adjacent to an activating group) is 1. The first-order chi connectivity index (χ1) is 5.87. The molecule has 2 unspecified atom stereocenters. The van der Waals surface area contributed by atoms with Crippen molar-refractivity contribution in [2.45, 2.75) is 45.7 Å². The SMILES string of the molecule is CCC(C)C(NN)C(C)(C)N(C)C. The Labute approximate surface area is 82.6 Å². The van der Waals surface area contributed by atoms with Gasteiger partial charge in [0.05, 0.1) is 0 Å². The maximum atomic E-state index is 5.60. The molecule has 2 atom stereocenters. The van der Waals surface area contributed by atoms with Crippen LogP contribution in [0.4, 0.5) is 0 Å². The van der Waals surface area contributed by atoms with E-state index in [4.69, 9.17) is 5.84 Å². The summed E-state index contributed by atoms with van der Waals surface area (Å²) < 4.78 is 0. The predicted octanol–water partition coefficient (Wildman–Crippen LogP) is 1.20. The fourth-order valence-corrected chi connectivity index (χ4v) is 1.58. The van der Waals surface area contributed by atoms with E-state index in [1.807, 2.05) is 0 Å². The summed E-state index contributed by atoms with van der Waals surface area (Å²) in [5, 5.41) is 0. The van der Waals surface area contributed by atoms with Gasteiger partial charge in [0.1, 0.15) is 0 Å². The van der Waals surface area contributed by atoms with Crippen molar-refractivity contribution in [2.24, 2.45) is 11.8 Å². The Morgan fingerprint density at radius 3 is 2.08 bits per heavy atom. The average molecular weight is 187 g/mol. The molecule has 0 aliphatic rings. The highest BCUT2D eigenvalue weighted by Crippen LogP contribution is 2.23. The molecule has 0 rings (SSSR count). The molecule has 0 saturated carbocycles. The molecule has 0 aromatic heterocycles. The van der Waals surface area contributed by atoms with E-state index in [2.05, 4.69) is 52.1 Å². The van der Waals surface area contributed by atoms with E-state index in [1.165, 1.54) is 0 Å². The zero-order valence-electron chi connectivity index (χ0n) is 9.89. The third kappa shape index (κ3) is 2.93. The van der Waals surface area contributed by atoms with Crippen LogP contribution in [0.5, 0.6) is 0 Å². The molecule has 0 saturated heterocycles. The Bertz CT molecular complexity index is 143. The van der Waals surface area contributed by atoms with Crippen LogP contribution in [0.25, 0.3) is 0 Å². The topological polar surface area (TPSA) is 41.3 Å². The number of hydrogen-bond donors (Lipinski definition) is 2. The van der Waals surface area contributed by atoms with Gasteiger partial charge in [-0.3, -0.25) is 11.3 Å². The maximum Gasteiger partial charge on any atom is 0.0414 e. The number of hydrazine groups is 1. The summed E-state index contributed by atoms with van der Waals surface area (Å²) in [7, 11) is 4.18. The van der Waals surface area contributed by atoms with E-state index in [0.29, 0.717) is 12.0 Å². The lowest BCUT2D eigenvalue weighted by Crippen LogP contribution is -2.59. The smallest absolute Gasteiger partial charge is 0.0414 e. The van der Waals surface area contributed by atoms with Gasteiger partial charge in [-0.15, -0.1) is 0 Å². The molecule has 0 aliphatic carbocycles. The van der Waals surface area contributed by atoms with Crippen molar-refractivity contribution >= 4 is 0 Å². The molecule has 0 bridgehead atoms. The van der Waals surface area contributed by atoms with E-state index < -0.39 is 0 Å². The molecular formula is C10H25N3. The van der Waals surface area contributed by atoms with Crippen LogP contribution in [-0.2, 0) is 0 Å². The Morgan fingerprint density at radius 1 is 1.38 bits per heavy atom. The summed E-state index contributed by atoms with van der Waals surface area (Å²) in [6.07, 6.45) is 1.14. The normalized spacial score (nSPS) is 17.5. The van der Waals surface area contributed by atoms with Gasteiger partial charge in [-0.25, -0.2) is 0 Å². The lowest BCUT2D eigenvalue weighted by Gasteiger charge is -2.42. The predicted molar refractivity (Wildman–Crippen MR) is 58.3 cm³/mol. The zero-order chi connectivity index (χ0) is 10.6. The molecule has 0 aromatic rings. The number of nitrogens with one attached hydrogen (secondary N) is 1. The molecule has 3 heteroatoms. The second-order valence-corrected chi connectivity index (χ2v) is 4.58. The van der Waals surface area contributed by atoms with Crippen LogP contribution < -0.4 is 11.3 Å². The van der Waals surface area contributed by atoms with Crippen LogP contribution in [0, 0.1) is 5.92 Å². The van der Waals surface area contributed by atoms with Crippen LogP contribution in [0.1, 0.15) is 34.1 Å². The van der Waals surface area contributed by atoms with Gasteiger partial charge < -0.3 is 4.90 Å². The minimum atomic E-state index is 0.0875. The second kappa shape index (κ2) is 4.94. The van der Waals surface area contributed by atoms with Crippen molar-refractivity contribution in [2.75, 3.05) is 14.1 Å². The van der Waals surface area contributed by atoms with Gasteiger partial charge in [0.2, 0.25) is 0 Å². The summed E-state index contributed by atoms with van der Waals surface area (Å²) in [5.74, 6) is 6.18. The number of rotatable bonds is 5. The van der Waals surface area contributed by atoms with Gasteiger partial charge in [-0.2, -0.15) is 0 Å². The minimum Gasteiger partial charge on any atom is -0.303 e. The molecule has 3 nitrogen and oxygen atoms in total. The lowest BCUT2D eigenvalue weighted by atomic mass is 9.83. The Morgan fingerprint density at radius 2 is 1.85 bits per heavy atom. The summed E-state index contributed by atoms with van der Waals surface area (Å²) in [6, 6.07) is 0.326. The molecule has 0 aromatic carbocycles. The minimum absolute atomic E-state index is 0.0875. The Balaban J connectivity index is 4.55. The van der Waals surface area contributed by atoms with E-state index in [9.17, 15) is 0 Å². The van der Waals surface area contributed by atoms with Crippen molar-refractivity contribution in [1.82, 2.24) is 10.3 Å². The molecule has 0 heterocycles. The lowest BCUT2D eigenvalue weighted by molar-refractivity contribution is 0.105. The summed E-state index contributed by atoms with van der Waals surface area (Å²) in [4.78, 5) is 2.21. The van der Waals surface area contributed by atoms with Gasteiger partial charge in [0.15, 0.2) is 0 Å². The van der Waals surface area contributed by atoms with Crippen LogP contribution in [0.3, 0.4) is 0 Å². The van der Waals surface area contributed by atoms with Crippen LogP contribution in [0.15, 0.2) is 0 Å². The van der Waals surface area contributed by atoms with Crippen molar-refractivity contribution in [3.8, 4) is 0 Å². The van der Waals surface area contributed by atoms with Crippen LogP contribution >= 0.6 is 0 Å². The average Bonchev–Trinajstić information content (AvgIpc) is 2.04. The van der Waals surface area contributed by atoms with E-state index in [0.717, 1.165) is 6.42 Å². The molecule has 80 valence electrons. The zero-order valence-corrected chi connectivity index (χ0v) is 9.89. The largest absolute Gasteiger partial charge is 0.303 e. The highest BCUT2D eigenvalue weighted by Gasteiger charge is 2.33. The van der Waals surface area contributed by atoms with Crippen molar-refractivity contribution < 1.29 is 0 Å². The molecule has 3 N–H and O–H groups in total. The summed E-state index contributed by atoms with van der Waals surface area (Å²) in [5.41, 5.74) is 3.02. The summed E-state index contributed by atoms with van der Waals surface area (Å²) in [6.45, 7) is 8.85. The Kier molecular flexibility index (Phi) is 4.89. The first-order valence-corrected chi connectivity index (χ1v) is 5.01. The molecule has 0 fully saturated rings. The van der Waals surface area contributed by atoms with E-state index in [-0.39, 0.29) is 5.54 Å². The molecular weight excluding hydrogens is 162 g/mol. The van der Waals surface area contributed by atoms with Gasteiger partial charge >= 0.3 is 0 Å². The highest BCUT2D eigenvalue weighted by atomic mass is 15.3. The molecule has 13 heavy (non-hydrogen) atoms. The molecule has 0 amide bonds. The monoisotopic (exact) mass is 187 g/mol. The third-order valence-electron chi connectivity index (χ3n) is 3.31. The first kappa shape index (κ1) is 12.9. The van der Waals surface area contributed by atoms with Crippen LogP contribution in [-0.4, -0.2) is 30.6 Å². The quantitative estimate of drug-likeness (QED) is 0.502.